The molecule has 1 aliphatic heterocycles. The van der Waals surface area contributed by atoms with Crippen molar-refractivity contribution in [3.63, 3.8) is 0 Å². The molecule has 1 fully saturated rings. The van der Waals surface area contributed by atoms with E-state index in [-0.39, 0.29) is 23.8 Å². The van der Waals surface area contributed by atoms with Crippen LogP contribution in [0.5, 0.6) is 0 Å². The van der Waals surface area contributed by atoms with E-state index in [9.17, 15) is 14.9 Å². The Bertz CT molecular complexity index is 805. The molecule has 1 saturated heterocycles. The van der Waals surface area contributed by atoms with Crippen LogP contribution in [0.2, 0.25) is 0 Å². The highest BCUT2D eigenvalue weighted by atomic mass is 16.6. The molecule has 2 aromatic rings. The Kier molecular flexibility index (Phi) is 6.00. The van der Waals surface area contributed by atoms with E-state index in [0.717, 1.165) is 13.1 Å². The summed E-state index contributed by atoms with van der Waals surface area (Å²) in [5.41, 5.74) is 1.31. The van der Waals surface area contributed by atoms with E-state index in [1.807, 2.05) is 11.0 Å². The van der Waals surface area contributed by atoms with Crippen LogP contribution < -0.4 is 10.2 Å². The van der Waals surface area contributed by atoms with Gasteiger partial charge in [-0.2, -0.15) is 0 Å². The van der Waals surface area contributed by atoms with Crippen molar-refractivity contribution in [1.29, 1.82) is 0 Å². The number of nitro groups is 1. The van der Waals surface area contributed by atoms with E-state index >= 15 is 0 Å². The molecule has 0 aliphatic carbocycles. The number of amides is 1. The lowest BCUT2D eigenvalue weighted by molar-refractivity contribution is -0.384. The predicted molar refractivity (Wildman–Crippen MR) is 103 cm³/mol. The van der Waals surface area contributed by atoms with Crippen LogP contribution in [0.3, 0.4) is 0 Å². The molecule has 0 atom stereocenters. The van der Waals surface area contributed by atoms with Crippen molar-refractivity contribution in [2.75, 3.05) is 49.5 Å². The first-order chi connectivity index (χ1) is 13.1. The number of benzene rings is 2. The zero-order valence-corrected chi connectivity index (χ0v) is 14.9. The maximum Gasteiger partial charge on any atom is 0.293 e. The van der Waals surface area contributed by atoms with E-state index in [1.54, 1.807) is 36.4 Å². The first-order valence-electron chi connectivity index (χ1n) is 8.81. The second-order valence-corrected chi connectivity index (χ2v) is 6.33. The van der Waals surface area contributed by atoms with Crippen LogP contribution in [-0.2, 0) is 0 Å². The Morgan fingerprint density at radius 3 is 2.44 bits per heavy atom. The number of nitrogens with one attached hydrogen (secondary N) is 1. The first-order valence-corrected chi connectivity index (χ1v) is 8.81. The van der Waals surface area contributed by atoms with E-state index in [2.05, 4.69) is 10.2 Å². The fourth-order valence-corrected chi connectivity index (χ4v) is 3.16. The van der Waals surface area contributed by atoms with Gasteiger partial charge in [0.1, 0.15) is 5.69 Å². The second-order valence-electron chi connectivity index (χ2n) is 6.33. The summed E-state index contributed by atoms with van der Waals surface area (Å²) in [6.07, 6.45) is 0. The number of nitrogens with zero attached hydrogens (tertiary/aromatic N) is 3. The smallest absolute Gasteiger partial charge is 0.293 e. The molecule has 142 valence electrons. The van der Waals surface area contributed by atoms with Gasteiger partial charge in [-0.25, -0.2) is 0 Å². The number of aliphatic hydroxyl groups is 1. The van der Waals surface area contributed by atoms with E-state index in [1.165, 1.54) is 6.07 Å². The Morgan fingerprint density at radius 1 is 1.11 bits per heavy atom. The highest BCUT2D eigenvalue weighted by Gasteiger charge is 2.25. The number of hydrogen-bond acceptors (Lipinski definition) is 6. The molecule has 1 heterocycles. The highest BCUT2D eigenvalue weighted by Crippen LogP contribution is 2.30. The van der Waals surface area contributed by atoms with Gasteiger partial charge >= 0.3 is 0 Å². The summed E-state index contributed by atoms with van der Waals surface area (Å²) in [6, 6.07) is 13.5. The van der Waals surface area contributed by atoms with Crippen molar-refractivity contribution < 1.29 is 14.8 Å². The van der Waals surface area contributed by atoms with E-state index in [4.69, 9.17) is 5.11 Å². The lowest BCUT2D eigenvalue weighted by atomic mass is 10.1. The number of aliphatic hydroxyl groups excluding tert-OH is 1. The number of hydrogen-bond donors (Lipinski definition) is 2. The van der Waals surface area contributed by atoms with Crippen LogP contribution in [0.15, 0.2) is 48.5 Å². The van der Waals surface area contributed by atoms with Gasteiger partial charge in [-0.05, 0) is 24.3 Å². The standard InChI is InChI=1S/C19H22N4O4/c24-13-12-21-8-10-22(11-9-21)17-7-6-15(14-18(17)23(26)27)19(25)20-16-4-2-1-3-5-16/h1-7,14,24H,8-13H2,(H,20,25). The van der Waals surface area contributed by atoms with Gasteiger partial charge < -0.3 is 15.3 Å². The molecule has 27 heavy (non-hydrogen) atoms. The van der Waals surface area contributed by atoms with Gasteiger partial charge in [0.25, 0.3) is 11.6 Å². The Hall–Kier alpha value is -2.97. The summed E-state index contributed by atoms with van der Waals surface area (Å²) >= 11 is 0. The van der Waals surface area contributed by atoms with Gasteiger partial charge in [0.15, 0.2) is 0 Å². The van der Waals surface area contributed by atoms with E-state index < -0.39 is 4.92 Å². The number of β-amino-alcohol motifs (C(OH)–C–C–N with tert-alkyl or cyclic N) is 1. The maximum absolute atomic E-state index is 12.4. The Morgan fingerprint density at radius 2 is 1.81 bits per heavy atom. The van der Waals surface area contributed by atoms with Crippen LogP contribution in [-0.4, -0.2) is 60.2 Å². The zero-order chi connectivity index (χ0) is 19.2. The molecular formula is C19H22N4O4. The number of anilines is 2. The van der Waals surface area contributed by atoms with Crippen molar-refractivity contribution in [2.24, 2.45) is 0 Å². The lowest BCUT2D eigenvalue weighted by Crippen LogP contribution is -2.47. The number of carbonyl (C=O) groups excluding carboxylic acids is 1. The van der Waals surface area contributed by atoms with Gasteiger partial charge in [0, 0.05) is 50.0 Å². The van der Waals surface area contributed by atoms with Crippen molar-refractivity contribution in [3.05, 3.63) is 64.2 Å². The van der Waals surface area contributed by atoms with Gasteiger partial charge in [0.05, 0.1) is 11.5 Å². The summed E-state index contributed by atoms with van der Waals surface area (Å²) < 4.78 is 0. The molecule has 0 saturated carbocycles. The monoisotopic (exact) mass is 370 g/mol. The molecule has 2 aromatic carbocycles. The molecule has 0 spiro atoms. The van der Waals surface area contributed by atoms with Crippen LogP contribution in [0.25, 0.3) is 0 Å². The van der Waals surface area contributed by atoms with Crippen LogP contribution in [0.1, 0.15) is 10.4 Å². The molecule has 0 bridgehead atoms. The molecule has 1 amide bonds. The van der Waals surface area contributed by atoms with Crippen molar-refractivity contribution in [1.82, 2.24) is 4.90 Å². The SMILES string of the molecule is O=C(Nc1ccccc1)c1ccc(N2CCN(CCO)CC2)c([N+](=O)[O-])c1. The maximum atomic E-state index is 12.4. The summed E-state index contributed by atoms with van der Waals surface area (Å²) in [5, 5.41) is 23.3. The third-order valence-corrected chi connectivity index (χ3v) is 4.60. The minimum atomic E-state index is -0.450. The zero-order valence-electron chi connectivity index (χ0n) is 14.9. The van der Waals surface area contributed by atoms with Crippen LogP contribution in [0.4, 0.5) is 17.1 Å². The van der Waals surface area contributed by atoms with Gasteiger partial charge in [-0.1, -0.05) is 18.2 Å². The average Bonchev–Trinajstić information content (AvgIpc) is 2.69. The predicted octanol–water partition coefficient (Wildman–Crippen LogP) is 1.96. The molecular weight excluding hydrogens is 348 g/mol. The molecule has 1 aliphatic rings. The van der Waals surface area contributed by atoms with Gasteiger partial charge in [0.2, 0.25) is 0 Å². The minimum absolute atomic E-state index is 0.0775. The summed E-state index contributed by atoms with van der Waals surface area (Å²) in [6.45, 7) is 3.44. The van der Waals surface area contributed by atoms with Gasteiger partial charge in [-0.15, -0.1) is 0 Å². The highest BCUT2D eigenvalue weighted by molar-refractivity contribution is 6.05. The number of para-hydroxylation sites is 1. The average molecular weight is 370 g/mol. The summed E-state index contributed by atoms with van der Waals surface area (Å²) in [4.78, 5) is 27.6. The largest absolute Gasteiger partial charge is 0.395 e. The van der Waals surface area contributed by atoms with Gasteiger partial charge in [-0.3, -0.25) is 19.8 Å². The van der Waals surface area contributed by atoms with Crippen LogP contribution >= 0.6 is 0 Å². The van der Waals surface area contributed by atoms with Crippen LogP contribution in [0, 0.1) is 10.1 Å². The molecule has 0 radical (unpaired) electrons. The van der Waals surface area contributed by atoms with Crippen molar-refractivity contribution in [3.8, 4) is 0 Å². The molecule has 0 unspecified atom stereocenters. The first kappa shape index (κ1) is 18.8. The quantitative estimate of drug-likeness (QED) is 0.596. The van der Waals surface area contributed by atoms with Crippen molar-refractivity contribution in [2.45, 2.75) is 0 Å². The number of piperazine rings is 1. The number of carbonyl (C=O) groups is 1. The normalized spacial score (nSPS) is 14.8. The summed E-state index contributed by atoms with van der Waals surface area (Å²) in [5.74, 6) is -0.386. The Labute approximate surface area is 157 Å². The minimum Gasteiger partial charge on any atom is -0.395 e. The molecule has 2 N–H and O–H groups in total. The molecule has 8 nitrogen and oxygen atoms in total. The number of rotatable bonds is 6. The topological polar surface area (TPSA) is 99.0 Å². The molecule has 8 heteroatoms. The fourth-order valence-electron chi connectivity index (χ4n) is 3.16. The second kappa shape index (κ2) is 8.61. The molecule has 3 rings (SSSR count). The number of nitro benzene ring substituents is 1. The third-order valence-electron chi connectivity index (χ3n) is 4.60. The molecule has 0 aromatic heterocycles. The third kappa shape index (κ3) is 4.60. The summed E-state index contributed by atoms with van der Waals surface area (Å²) in [7, 11) is 0. The van der Waals surface area contributed by atoms with E-state index in [0.29, 0.717) is 31.0 Å². The lowest BCUT2D eigenvalue weighted by Gasteiger charge is -2.35. The van der Waals surface area contributed by atoms with Crippen molar-refractivity contribution >= 4 is 23.0 Å². The Balaban J connectivity index is 1.77. The fraction of sp³-hybridized carbons (Fsp3) is 0.316.